The number of nitrogens with zero attached hydrogens (tertiary/aromatic N) is 6. The highest BCUT2D eigenvalue weighted by molar-refractivity contribution is 5.92. The van der Waals surface area contributed by atoms with Crippen molar-refractivity contribution in [2.24, 2.45) is 0 Å². The Balaban J connectivity index is 1.91. The fourth-order valence-corrected chi connectivity index (χ4v) is 2.91. The zero-order valence-electron chi connectivity index (χ0n) is 13.9. The van der Waals surface area contributed by atoms with E-state index in [4.69, 9.17) is 4.98 Å². The highest BCUT2D eigenvalue weighted by atomic mass is 15.4. The van der Waals surface area contributed by atoms with Crippen molar-refractivity contribution in [3.63, 3.8) is 0 Å². The molecule has 1 unspecified atom stereocenters. The van der Waals surface area contributed by atoms with Crippen LogP contribution in [0.4, 0.5) is 5.95 Å². The third kappa shape index (κ3) is 2.27. The standard InChI is InChI=1S/C18H18N6/c1-12(14-8-10-19-11-9-14)23(3)18-21-16-7-5-4-6-15(16)17-20-13(2)22-24(17)18/h4-12H,1-3H3. The van der Waals surface area contributed by atoms with Gasteiger partial charge in [0, 0.05) is 24.8 Å². The monoisotopic (exact) mass is 318 g/mol. The molecule has 0 spiro atoms. The molecule has 0 amide bonds. The van der Waals surface area contributed by atoms with Gasteiger partial charge in [-0.05, 0) is 43.7 Å². The summed E-state index contributed by atoms with van der Waals surface area (Å²) in [6, 6.07) is 12.2. The number of hydrogen-bond acceptors (Lipinski definition) is 5. The predicted molar refractivity (Wildman–Crippen MR) is 94.1 cm³/mol. The first-order chi connectivity index (χ1) is 11.6. The topological polar surface area (TPSA) is 59.2 Å². The average molecular weight is 318 g/mol. The molecular formula is C18H18N6. The Morgan fingerprint density at radius 2 is 1.79 bits per heavy atom. The summed E-state index contributed by atoms with van der Waals surface area (Å²) in [5.74, 6) is 1.51. The maximum Gasteiger partial charge on any atom is 0.229 e. The fourth-order valence-electron chi connectivity index (χ4n) is 2.91. The van der Waals surface area contributed by atoms with E-state index in [-0.39, 0.29) is 6.04 Å². The first-order valence-electron chi connectivity index (χ1n) is 7.90. The molecule has 24 heavy (non-hydrogen) atoms. The zero-order chi connectivity index (χ0) is 16.7. The number of benzene rings is 1. The molecule has 4 aromatic rings. The summed E-state index contributed by atoms with van der Waals surface area (Å²) in [5, 5.41) is 5.56. The van der Waals surface area contributed by atoms with Gasteiger partial charge in [-0.2, -0.15) is 4.52 Å². The Labute approximate surface area is 139 Å². The van der Waals surface area contributed by atoms with Crippen LogP contribution in [0, 0.1) is 6.92 Å². The van der Waals surface area contributed by atoms with Crippen LogP contribution in [-0.4, -0.2) is 31.6 Å². The van der Waals surface area contributed by atoms with Crippen LogP contribution < -0.4 is 4.90 Å². The van der Waals surface area contributed by atoms with Crippen LogP contribution in [0.2, 0.25) is 0 Å². The average Bonchev–Trinajstić information content (AvgIpc) is 3.02. The summed E-state index contributed by atoms with van der Waals surface area (Å²) in [7, 11) is 2.03. The van der Waals surface area contributed by atoms with Gasteiger partial charge in [0.25, 0.3) is 0 Å². The Morgan fingerprint density at radius 3 is 2.58 bits per heavy atom. The minimum Gasteiger partial charge on any atom is -0.337 e. The second-order valence-electron chi connectivity index (χ2n) is 5.89. The molecule has 120 valence electrons. The van der Waals surface area contributed by atoms with Crippen LogP contribution in [0.25, 0.3) is 16.6 Å². The molecule has 0 aliphatic heterocycles. The first-order valence-corrected chi connectivity index (χ1v) is 7.90. The Morgan fingerprint density at radius 1 is 1.04 bits per heavy atom. The Bertz CT molecular complexity index is 1010. The van der Waals surface area contributed by atoms with Gasteiger partial charge in [-0.15, -0.1) is 5.10 Å². The molecule has 3 aromatic heterocycles. The summed E-state index contributed by atoms with van der Waals surface area (Å²) >= 11 is 0. The van der Waals surface area contributed by atoms with Gasteiger partial charge in [0.2, 0.25) is 5.95 Å². The summed E-state index contributed by atoms with van der Waals surface area (Å²) in [6.07, 6.45) is 3.62. The molecular weight excluding hydrogens is 300 g/mol. The predicted octanol–water partition coefficient (Wildman–Crippen LogP) is 3.18. The molecule has 0 saturated carbocycles. The van der Waals surface area contributed by atoms with Gasteiger partial charge >= 0.3 is 0 Å². The number of anilines is 1. The van der Waals surface area contributed by atoms with E-state index in [9.17, 15) is 0 Å². The maximum absolute atomic E-state index is 4.83. The van der Waals surface area contributed by atoms with E-state index in [1.807, 2.05) is 67.3 Å². The van der Waals surface area contributed by atoms with Gasteiger partial charge in [-0.25, -0.2) is 9.97 Å². The lowest BCUT2D eigenvalue weighted by Gasteiger charge is -2.26. The van der Waals surface area contributed by atoms with Gasteiger partial charge in [-0.1, -0.05) is 12.1 Å². The molecule has 6 heteroatoms. The molecule has 0 saturated heterocycles. The molecule has 3 heterocycles. The molecule has 0 fully saturated rings. The SMILES string of the molecule is Cc1nc2c3ccccc3nc(N(C)C(C)c3ccncc3)n2n1. The second-order valence-corrected chi connectivity index (χ2v) is 5.89. The van der Waals surface area contributed by atoms with Gasteiger partial charge in [-0.3, -0.25) is 4.98 Å². The number of aryl methyl sites for hydroxylation is 1. The minimum absolute atomic E-state index is 0.134. The van der Waals surface area contributed by atoms with Crippen LogP contribution in [0.1, 0.15) is 24.4 Å². The van der Waals surface area contributed by atoms with Gasteiger partial charge < -0.3 is 4.90 Å². The van der Waals surface area contributed by atoms with Crippen molar-refractivity contribution < 1.29 is 0 Å². The van der Waals surface area contributed by atoms with E-state index in [0.717, 1.165) is 28.3 Å². The van der Waals surface area contributed by atoms with Crippen molar-refractivity contribution in [2.75, 3.05) is 11.9 Å². The fraction of sp³-hybridized carbons (Fsp3) is 0.222. The van der Waals surface area contributed by atoms with Crippen molar-refractivity contribution in [1.29, 1.82) is 0 Å². The molecule has 1 atom stereocenters. The maximum atomic E-state index is 4.83. The molecule has 0 aliphatic carbocycles. The number of rotatable bonds is 3. The molecule has 4 rings (SSSR count). The van der Waals surface area contributed by atoms with Gasteiger partial charge in [0.05, 0.1) is 11.6 Å². The number of aromatic nitrogens is 5. The lowest BCUT2D eigenvalue weighted by atomic mass is 10.1. The number of pyridine rings is 1. The van der Waals surface area contributed by atoms with Crippen molar-refractivity contribution in [2.45, 2.75) is 19.9 Å². The molecule has 0 aliphatic rings. The van der Waals surface area contributed by atoms with Gasteiger partial charge in [0.1, 0.15) is 5.82 Å². The van der Waals surface area contributed by atoms with Crippen LogP contribution in [-0.2, 0) is 0 Å². The Hall–Kier alpha value is -3.02. The van der Waals surface area contributed by atoms with Crippen molar-refractivity contribution in [3.8, 4) is 0 Å². The van der Waals surface area contributed by atoms with Crippen LogP contribution in [0.3, 0.4) is 0 Å². The molecule has 0 radical (unpaired) electrons. The van der Waals surface area contributed by atoms with E-state index < -0.39 is 0 Å². The van der Waals surface area contributed by atoms with Crippen LogP contribution in [0.5, 0.6) is 0 Å². The van der Waals surface area contributed by atoms with Crippen LogP contribution in [0.15, 0.2) is 48.8 Å². The summed E-state index contributed by atoms with van der Waals surface area (Å²) in [5.41, 5.74) is 2.93. The Kier molecular flexibility index (Phi) is 3.37. The number of hydrogen-bond donors (Lipinski definition) is 0. The van der Waals surface area contributed by atoms with Crippen LogP contribution >= 0.6 is 0 Å². The molecule has 0 N–H and O–H groups in total. The highest BCUT2D eigenvalue weighted by Crippen LogP contribution is 2.27. The van der Waals surface area contributed by atoms with Gasteiger partial charge in [0.15, 0.2) is 5.65 Å². The minimum atomic E-state index is 0.134. The van der Waals surface area contributed by atoms with Crippen molar-refractivity contribution in [3.05, 3.63) is 60.2 Å². The lowest BCUT2D eigenvalue weighted by Crippen LogP contribution is -2.25. The molecule has 1 aromatic carbocycles. The van der Waals surface area contributed by atoms with E-state index >= 15 is 0 Å². The normalized spacial score (nSPS) is 12.6. The third-order valence-electron chi connectivity index (χ3n) is 4.35. The van der Waals surface area contributed by atoms with Crippen molar-refractivity contribution in [1.82, 2.24) is 24.6 Å². The molecule has 6 nitrogen and oxygen atoms in total. The van der Waals surface area contributed by atoms with E-state index in [0.29, 0.717) is 0 Å². The summed E-state index contributed by atoms with van der Waals surface area (Å²) < 4.78 is 1.83. The van der Waals surface area contributed by atoms with E-state index in [1.165, 1.54) is 5.56 Å². The van der Waals surface area contributed by atoms with E-state index in [1.54, 1.807) is 0 Å². The number of fused-ring (bicyclic) bond motifs is 3. The second kappa shape index (κ2) is 5.56. The zero-order valence-corrected chi connectivity index (χ0v) is 13.9. The highest BCUT2D eigenvalue weighted by Gasteiger charge is 2.19. The quantitative estimate of drug-likeness (QED) is 0.580. The smallest absolute Gasteiger partial charge is 0.229 e. The number of para-hydroxylation sites is 1. The van der Waals surface area contributed by atoms with Crippen molar-refractivity contribution >= 4 is 22.5 Å². The molecule has 0 bridgehead atoms. The first kappa shape index (κ1) is 14.6. The lowest BCUT2D eigenvalue weighted by molar-refractivity contribution is 0.696. The summed E-state index contributed by atoms with van der Waals surface area (Å²) in [4.78, 5) is 15.6. The van der Waals surface area contributed by atoms with E-state index in [2.05, 4.69) is 26.9 Å². The largest absolute Gasteiger partial charge is 0.337 e. The summed E-state index contributed by atoms with van der Waals surface area (Å²) in [6.45, 7) is 4.04. The third-order valence-corrected chi connectivity index (χ3v) is 4.35.